The molecule has 106 valence electrons. The zero-order valence-corrected chi connectivity index (χ0v) is 13.8. The summed E-state index contributed by atoms with van der Waals surface area (Å²) in [5.74, 6) is 0.339. The maximum absolute atomic E-state index is 12.0. The minimum atomic E-state index is -0.702. The minimum Gasteiger partial charge on any atom is -0.465 e. The van der Waals surface area contributed by atoms with Crippen molar-refractivity contribution in [1.29, 1.82) is 0 Å². The number of likely N-dealkylation sites (N-methyl/N-ethyl adjacent to an activating group) is 1. The zero-order chi connectivity index (χ0) is 14.3. The summed E-state index contributed by atoms with van der Waals surface area (Å²) in [6.07, 6.45) is 1.74. The van der Waals surface area contributed by atoms with Gasteiger partial charge in [-0.25, -0.2) is 4.98 Å². The summed E-state index contributed by atoms with van der Waals surface area (Å²) in [5, 5.41) is 4.07. The van der Waals surface area contributed by atoms with Gasteiger partial charge in [0.2, 0.25) is 0 Å². The topological polar surface area (TPSA) is 51.2 Å². The third-order valence-corrected chi connectivity index (χ3v) is 4.74. The Kier molecular flexibility index (Phi) is 6.82. The lowest BCUT2D eigenvalue weighted by Crippen LogP contribution is -2.52. The molecule has 0 saturated carbocycles. The molecule has 0 fully saturated rings. The summed E-state index contributed by atoms with van der Waals surface area (Å²) in [6, 6.07) is 3.80. The Labute approximate surface area is 126 Å². The van der Waals surface area contributed by atoms with Gasteiger partial charge in [-0.2, -0.15) is 0 Å². The van der Waals surface area contributed by atoms with E-state index in [0.717, 1.165) is 9.50 Å². The average molecular weight is 347 g/mol. The SMILES string of the molecule is CCNC(C)(CSc1ncccc1Br)C(=O)OCC. The molecule has 1 atom stereocenters. The van der Waals surface area contributed by atoms with Crippen molar-refractivity contribution in [1.82, 2.24) is 10.3 Å². The molecular weight excluding hydrogens is 328 g/mol. The molecule has 0 saturated heterocycles. The molecule has 0 aliphatic carbocycles. The van der Waals surface area contributed by atoms with Gasteiger partial charge in [0.15, 0.2) is 0 Å². The van der Waals surface area contributed by atoms with Gasteiger partial charge in [0.05, 0.1) is 6.61 Å². The molecule has 0 aliphatic heterocycles. The minimum absolute atomic E-state index is 0.226. The number of ether oxygens (including phenoxy) is 1. The van der Waals surface area contributed by atoms with E-state index in [1.807, 2.05) is 32.9 Å². The normalized spacial score (nSPS) is 13.9. The van der Waals surface area contributed by atoms with Crippen molar-refractivity contribution >= 4 is 33.7 Å². The van der Waals surface area contributed by atoms with E-state index in [-0.39, 0.29) is 5.97 Å². The first-order valence-electron chi connectivity index (χ1n) is 6.19. The van der Waals surface area contributed by atoms with Gasteiger partial charge in [-0.05, 0) is 48.5 Å². The molecule has 0 amide bonds. The first kappa shape index (κ1) is 16.5. The number of aromatic nitrogens is 1. The summed E-state index contributed by atoms with van der Waals surface area (Å²) in [5.41, 5.74) is -0.702. The lowest BCUT2D eigenvalue weighted by molar-refractivity contribution is -0.149. The number of halogens is 1. The van der Waals surface area contributed by atoms with Crippen molar-refractivity contribution in [3.05, 3.63) is 22.8 Å². The van der Waals surface area contributed by atoms with Crippen LogP contribution in [0.2, 0.25) is 0 Å². The van der Waals surface area contributed by atoms with Gasteiger partial charge in [0.1, 0.15) is 10.6 Å². The first-order valence-corrected chi connectivity index (χ1v) is 7.97. The Morgan fingerprint density at radius 3 is 2.89 bits per heavy atom. The highest BCUT2D eigenvalue weighted by Gasteiger charge is 2.34. The van der Waals surface area contributed by atoms with E-state index in [1.54, 1.807) is 6.20 Å². The van der Waals surface area contributed by atoms with Crippen molar-refractivity contribution in [3.63, 3.8) is 0 Å². The third-order valence-electron chi connectivity index (χ3n) is 2.52. The summed E-state index contributed by atoms with van der Waals surface area (Å²) < 4.78 is 6.06. The molecule has 1 unspecified atom stereocenters. The van der Waals surface area contributed by atoms with Crippen LogP contribution in [0.15, 0.2) is 27.8 Å². The fraction of sp³-hybridized carbons (Fsp3) is 0.538. The molecule has 19 heavy (non-hydrogen) atoms. The van der Waals surface area contributed by atoms with Crippen LogP contribution in [0.3, 0.4) is 0 Å². The maximum atomic E-state index is 12.0. The number of rotatable bonds is 7. The Balaban J connectivity index is 2.74. The smallest absolute Gasteiger partial charge is 0.326 e. The van der Waals surface area contributed by atoms with Gasteiger partial charge in [-0.15, -0.1) is 11.8 Å². The van der Waals surface area contributed by atoms with Gasteiger partial charge in [0, 0.05) is 16.4 Å². The molecule has 0 aromatic carbocycles. The Morgan fingerprint density at radius 2 is 2.32 bits per heavy atom. The molecule has 6 heteroatoms. The highest BCUT2D eigenvalue weighted by atomic mass is 79.9. The van der Waals surface area contributed by atoms with Gasteiger partial charge in [0.25, 0.3) is 0 Å². The van der Waals surface area contributed by atoms with Crippen LogP contribution in [0.25, 0.3) is 0 Å². The monoisotopic (exact) mass is 346 g/mol. The van der Waals surface area contributed by atoms with Crippen LogP contribution in [0.4, 0.5) is 0 Å². The number of nitrogens with zero attached hydrogens (tertiary/aromatic N) is 1. The lowest BCUT2D eigenvalue weighted by atomic mass is 10.1. The molecule has 4 nitrogen and oxygen atoms in total. The number of nitrogens with one attached hydrogen (secondary N) is 1. The molecule has 0 aliphatic rings. The van der Waals surface area contributed by atoms with Crippen LogP contribution in [0.1, 0.15) is 20.8 Å². The fourth-order valence-electron chi connectivity index (χ4n) is 1.55. The van der Waals surface area contributed by atoms with Crippen molar-refractivity contribution in [2.75, 3.05) is 18.9 Å². The van der Waals surface area contributed by atoms with E-state index in [9.17, 15) is 4.79 Å². The highest BCUT2D eigenvalue weighted by Crippen LogP contribution is 2.27. The number of pyridine rings is 1. The first-order chi connectivity index (χ1) is 9.03. The summed E-state index contributed by atoms with van der Waals surface area (Å²) in [6.45, 7) is 6.74. The Hall–Kier alpha value is -0.590. The van der Waals surface area contributed by atoms with Gasteiger partial charge in [-0.1, -0.05) is 6.92 Å². The highest BCUT2D eigenvalue weighted by molar-refractivity contribution is 9.10. The molecule has 0 bridgehead atoms. The van der Waals surface area contributed by atoms with Crippen LogP contribution >= 0.6 is 27.7 Å². The Bertz CT molecular complexity index is 431. The molecule has 1 aromatic heterocycles. The van der Waals surface area contributed by atoms with E-state index in [2.05, 4.69) is 26.2 Å². The van der Waals surface area contributed by atoms with E-state index >= 15 is 0 Å². The largest absolute Gasteiger partial charge is 0.465 e. The van der Waals surface area contributed by atoms with Crippen molar-refractivity contribution in [2.45, 2.75) is 31.3 Å². The van der Waals surface area contributed by atoms with E-state index in [1.165, 1.54) is 11.8 Å². The van der Waals surface area contributed by atoms with Crippen LogP contribution in [-0.4, -0.2) is 35.4 Å². The molecule has 1 aromatic rings. The van der Waals surface area contributed by atoms with E-state index in [0.29, 0.717) is 18.9 Å². The second-order valence-corrected chi connectivity index (χ2v) is 5.98. The molecule has 0 spiro atoms. The molecular formula is C13H19BrN2O2S. The van der Waals surface area contributed by atoms with Crippen LogP contribution < -0.4 is 5.32 Å². The number of carbonyl (C=O) groups is 1. The molecule has 1 heterocycles. The summed E-state index contributed by atoms with van der Waals surface area (Å²) >= 11 is 4.98. The quantitative estimate of drug-likeness (QED) is 0.607. The van der Waals surface area contributed by atoms with Gasteiger partial charge < -0.3 is 10.1 Å². The van der Waals surface area contributed by atoms with Crippen molar-refractivity contribution in [2.24, 2.45) is 0 Å². The second-order valence-electron chi connectivity index (χ2n) is 4.16. The second kappa shape index (κ2) is 7.87. The number of esters is 1. The predicted molar refractivity (Wildman–Crippen MR) is 81.4 cm³/mol. The maximum Gasteiger partial charge on any atom is 0.326 e. The fourth-order valence-corrected chi connectivity index (χ4v) is 3.14. The number of carbonyl (C=O) groups excluding carboxylic acids is 1. The molecule has 1 N–H and O–H groups in total. The van der Waals surface area contributed by atoms with Crippen molar-refractivity contribution < 1.29 is 9.53 Å². The van der Waals surface area contributed by atoms with Gasteiger partial charge in [-0.3, -0.25) is 4.79 Å². The standard InChI is InChI=1S/C13H19BrN2O2S/c1-4-16-13(3,12(17)18-5-2)9-19-11-10(14)7-6-8-15-11/h6-8,16H,4-5,9H2,1-3H3. The summed E-state index contributed by atoms with van der Waals surface area (Å²) in [4.78, 5) is 16.3. The van der Waals surface area contributed by atoms with Crippen LogP contribution in [0.5, 0.6) is 0 Å². The van der Waals surface area contributed by atoms with E-state index in [4.69, 9.17) is 4.74 Å². The van der Waals surface area contributed by atoms with Gasteiger partial charge >= 0.3 is 5.97 Å². The Morgan fingerprint density at radius 1 is 1.58 bits per heavy atom. The predicted octanol–water partition coefficient (Wildman–Crippen LogP) is 2.87. The lowest BCUT2D eigenvalue weighted by Gasteiger charge is -2.27. The average Bonchev–Trinajstić information content (AvgIpc) is 2.38. The third kappa shape index (κ3) is 4.78. The number of hydrogen-bond donors (Lipinski definition) is 1. The summed E-state index contributed by atoms with van der Waals surface area (Å²) in [7, 11) is 0. The zero-order valence-electron chi connectivity index (χ0n) is 11.4. The molecule has 1 rings (SSSR count). The van der Waals surface area contributed by atoms with Crippen LogP contribution in [0, 0.1) is 0 Å². The van der Waals surface area contributed by atoms with Crippen molar-refractivity contribution in [3.8, 4) is 0 Å². The number of thioether (sulfide) groups is 1. The van der Waals surface area contributed by atoms with E-state index < -0.39 is 5.54 Å². The number of hydrogen-bond acceptors (Lipinski definition) is 5. The molecule has 0 radical (unpaired) electrons. The van der Waals surface area contributed by atoms with Crippen LogP contribution in [-0.2, 0) is 9.53 Å².